The Bertz CT molecular complexity index is 500. The number of nitrogens with one attached hydrogen (secondary N) is 2. The van der Waals surface area contributed by atoms with Gasteiger partial charge in [-0.3, -0.25) is 4.79 Å². The molecule has 0 aromatic heterocycles. The van der Waals surface area contributed by atoms with Crippen LogP contribution in [-0.4, -0.2) is 18.6 Å². The maximum atomic E-state index is 13.1. The highest BCUT2D eigenvalue weighted by Gasteiger charge is 2.40. The molecule has 0 saturated carbocycles. The fourth-order valence-electron chi connectivity index (χ4n) is 2.29. The molecule has 2 N–H and O–H groups in total. The Labute approximate surface area is 115 Å². The van der Waals surface area contributed by atoms with Crippen molar-refractivity contribution in [2.24, 2.45) is 0 Å². The van der Waals surface area contributed by atoms with Gasteiger partial charge in [-0.2, -0.15) is 13.2 Å². The molecule has 110 valence electrons. The van der Waals surface area contributed by atoms with E-state index in [4.69, 9.17) is 0 Å². The Morgan fingerprint density at radius 2 is 2.10 bits per heavy atom. The minimum absolute atomic E-state index is 0.0956. The number of carbonyl (C=O) groups is 1. The van der Waals surface area contributed by atoms with Gasteiger partial charge in [-0.05, 0) is 36.6 Å². The minimum Gasteiger partial charge on any atom is -0.326 e. The Balaban J connectivity index is 2.28. The van der Waals surface area contributed by atoms with E-state index in [0.717, 1.165) is 5.56 Å². The maximum Gasteiger partial charge on any atom is 0.407 e. The van der Waals surface area contributed by atoms with Crippen LogP contribution in [0.25, 0.3) is 0 Å². The van der Waals surface area contributed by atoms with E-state index < -0.39 is 12.2 Å². The van der Waals surface area contributed by atoms with Gasteiger partial charge in [0.1, 0.15) is 6.04 Å². The van der Waals surface area contributed by atoms with E-state index in [9.17, 15) is 18.0 Å². The van der Waals surface area contributed by atoms with E-state index in [2.05, 4.69) is 10.6 Å². The second-order valence-electron chi connectivity index (χ2n) is 4.89. The van der Waals surface area contributed by atoms with Crippen molar-refractivity contribution in [3.05, 3.63) is 29.3 Å². The molecule has 1 aromatic carbocycles. The Morgan fingerprint density at radius 1 is 1.35 bits per heavy atom. The number of anilines is 1. The van der Waals surface area contributed by atoms with Crippen molar-refractivity contribution in [1.29, 1.82) is 0 Å². The van der Waals surface area contributed by atoms with Gasteiger partial charge < -0.3 is 10.6 Å². The lowest BCUT2D eigenvalue weighted by atomic mass is 9.97. The number of alkyl halides is 3. The molecule has 1 atom stereocenters. The topological polar surface area (TPSA) is 41.1 Å². The number of fused-ring (bicyclic) bond motifs is 1. The van der Waals surface area contributed by atoms with Gasteiger partial charge in [-0.15, -0.1) is 0 Å². The lowest BCUT2D eigenvalue weighted by Gasteiger charge is -2.24. The molecule has 20 heavy (non-hydrogen) atoms. The van der Waals surface area contributed by atoms with Gasteiger partial charge in [-0.25, -0.2) is 0 Å². The molecule has 1 unspecified atom stereocenters. The quantitative estimate of drug-likeness (QED) is 0.892. The van der Waals surface area contributed by atoms with Crippen LogP contribution in [-0.2, 0) is 11.2 Å². The molecule has 0 bridgehead atoms. The Morgan fingerprint density at radius 3 is 2.75 bits per heavy atom. The minimum atomic E-state index is -4.33. The first-order valence-corrected chi connectivity index (χ1v) is 6.64. The first-order valence-electron chi connectivity index (χ1n) is 6.64. The summed E-state index contributed by atoms with van der Waals surface area (Å²) in [7, 11) is 0. The van der Waals surface area contributed by atoms with Gasteiger partial charge >= 0.3 is 6.18 Å². The van der Waals surface area contributed by atoms with E-state index in [1.54, 1.807) is 6.07 Å². The number of rotatable bonds is 4. The monoisotopic (exact) mass is 286 g/mol. The zero-order chi connectivity index (χ0) is 14.8. The summed E-state index contributed by atoms with van der Waals surface area (Å²) in [6.07, 6.45) is -2.90. The van der Waals surface area contributed by atoms with E-state index in [-0.39, 0.29) is 11.5 Å². The van der Waals surface area contributed by atoms with Crippen molar-refractivity contribution in [3.63, 3.8) is 0 Å². The summed E-state index contributed by atoms with van der Waals surface area (Å²) < 4.78 is 39.3. The van der Waals surface area contributed by atoms with Crippen LogP contribution in [0.2, 0.25) is 0 Å². The van der Waals surface area contributed by atoms with Crippen molar-refractivity contribution >= 4 is 11.6 Å². The molecule has 1 aromatic rings. The summed E-state index contributed by atoms with van der Waals surface area (Å²) in [5.74, 6) is -0.0956. The van der Waals surface area contributed by atoms with Gasteiger partial charge in [0, 0.05) is 12.1 Å². The summed E-state index contributed by atoms with van der Waals surface area (Å²) in [6.45, 7) is 2.13. The highest BCUT2D eigenvalue weighted by molar-refractivity contribution is 5.93. The molecule has 0 saturated heterocycles. The van der Waals surface area contributed by atoms with Crippen LogP contribution in [0.5, 0.6) is 0 Å². The second kappa shape index (κ2) is 5.83. The van der Waals surface area contributed by atoms with Crippen LogP contribution < -0.4 is 10.6 Å². The van der Waals surface area contributed by atoms with Gasteiger partial charge in [0.2, 0.25) is 5.91 Å². The Hall–Kier alpha value is -1.56. The van der Waals surface area contributed by atoms with E-state index in [0.29, 0.717) is 31.5 Å². The lowest BCUT2D eigenvalue weighted by molar-refractivity contribution is -0.157. The van der Waals surface area contributed by atoms with Crippen molar-refractivity contribution < 1.29 is 18.0 Å². The molecule has 0 fully saturated rings. The summed E-state index contributed by atoms with van der Waals surface area (Å²) in [6, 6.07) is 2.85. The number of hydrogen-bond donors (Lipinski definition) is 2. The summed E-state index contributed by atoms with van der Waals surface area (Å²) in [5, 5.41) is 5.20. The standard InChI is InChI=1S/C14H17F3N2O/c1-2-7-18-13(14(15,16)17)10-3-5-11-9(8-10)4-6-12(20)19-11/h3,5,8,13,18H,2,4,6-7H2,1H3,(H,19,20). The van der Waals surface area contributed by atoms with Crippen LogP contribution >= 0.6 is 0 Å². The molecule has 0 radical (unpaired) electrons. The number of aryl methyl sites for hydroxylation is 1. The van der Waals surface area contributed by atoms with E-state index >= 15 is 0 Å². The predicted molar refractivity (Wildman–Crippen MR) is 70.5 cm³/mol. The van der Waals surface area contributed by atoms with Crippen molar-refractivity contribution in [2.45, 2.75) is 38.4 Å². The molecule has 1 aliphatic rings. The molecular formula is C14H17F3N2O. The van der Waals surface area contributed by atoms with E-state index in [1.165, 1.54) is 12.1 Å². The van der Waals surface area contributed by atoms with Crippen LogP contribution in [0.3, 0.4) is 0 Å². The largest absolute Gasteiger partial charge is 0.407 e. The Kier molecular flexibility index (Phi) is 4.32. The third-order valence-electron chi connectivity index (χ3n) is 3.28. The first kappa shape index (κ1) is 14.8. The fourth-order valence-corrected chi connectivity index (χ4v) is 2.29. The summed E-state index contributed by atoms with van der Waals surface area (Å²) in [5.41, 5.74) is 1.57. The third-order valence-corrected chi connectivity index (χ3v) is 3.28. The number of halogens is 3. The predicted octanol–water partition coefficient (Wildman–Crippen LogP) is 3.17. The zero-order valence-corrected chi connectivity index (χ0v) is 11.2. The zero-order valence-electron chi connectivity index (χ0n) is 11.2. The summed E-state index contributed by atoms with van der Waals surface area (Å²) in [4.78, 5) is 11.2. The fraction of sp³-hybridized carbons (Fsp3) is 0.500. The molecule has 1 amide bonds. The number of benzene rings is 1. The van der Waals surface area contributed by atoms with Gasteiger partial charge in [0.25, 0.3) is 0 Å². The molecule has 3 nitrogen and oxygen atoms in total. The molecule has 1 heterocycles. The molecular weight excluding hydrogens is 269 g/mol. The average Bonchev–Trinajstić information content (AvgIpc) is 2.37. The van der Waals surface area contributed by atoms with Gasteiger partial charge in [-0.1, -0.05) is 19.1 Å². The molecule has 2 rings (SSSR count). The van der Waals surface area contributed by atoms with Crippen molar-refractivity contribution in [3.8, 4) is 0 Å². The van der Waals surface area contributed by atoms with Gasteiger partial charge in [0.15, 0.2) is 0 Å². The van der Waals surface area contributed by atoms with E-state index in [1.807, 2.05) is 6.92 Å². The molecule has 6 heteroatoms. The lowest BCUT2D eigenvalue weighted by Crippen LogP contribution is -2.34. The van der Waals surface area contributed by atoms with Crippen molar-refractivity contribution in [2.75, 3.05) is 11.9 Å². The highest BCUT2D eigenvalue weighted by Crippen LogP contribution is 2.35. The van der Waals surface area contributed by atoms with Gasteiger partial charge in [0.05, 0.1) is 0 Å². The highest BCUT2D eigenvalue weighted by atomic mass is 19.4. The number of carbonyl (C=O) groups excluding carboxylic acids is 1. The summed E-state index contributed by atoms with van der Waals surface area (Å²) >= 11 is 0. The van der Waals surface area contributed by atoms with Crippen LogP contribution in [0.4, 0.5) is 18.9 Å². The SMILES string of the molecule is CCCNC(c1ccc2c(c1)CCC(=O)N2)C(F)(F)F. The third kappa shape index (κ3) is 3.30. The van der Waals surface area contributed by atoms with Crippen LogP contribution in [0.1, 0.15) is 36.9 Å². The smallest absolute Gasteiger partial charge is 0.326 e. The average molecular weight is 286 g/mol. The number of amides is 1. The molecule has 0 aliphatic carbocycles. The normalized spacial score (nSPS) is 16.5. The van der Waals surface area contributed by atoms with Crippen molar-refractivity contribution in [1.82, 2.24) is 5.32 Å². The number of hydrogen-bond acceptors (Lipinski definition) is 2. The molecule has 0 spiro atoms. The molecule has 1 aliphatic heterocycles. The second-order valence-corrected chi connectivity index (χ2v) is 4.89. The first-order chi connectivity index (χ1) is 9.41. The van der Waals surface area contributed by atoms with Crippen LogP contribution in [0, 0.1) is 0 Å². The van der Waals surface area contributed by atoms with Crippen LogP contribution in [0.15, 0.2) is 18.2 Å². The maximum absolute atomic E-state index is 13.1.